The lowest BCUT2D eigenvalue weighted by Crippen LogP contribution is -2.37. The highest BCUT2D eigenvalue weighted by molar-refractivity contribution is 7.89. The van der Waals surface area contributed by atoms with Crippen molar-refractivity contribution in [3.63, 3.8) is 0 Å². The zero-order chi connectivity index (χ0) is 17.8. The van der Waals surface area contributed by atoms with Gasteiger partial charge in [0.2, 0.25) is 10.0 Å². The minimum Gasteiger partial charge on any atom is -0.468 e. The van der Waals surface area contributed by atoms with Gasteiger partial charge in [-0.1, -0.05) is 6.92 Å². The second-order valence-electron chi connectivity index (χ2n) is 4.55. The number of nitrogens with zero attached hydrogens (tertiary/aromatic N) is 1. The van der Waals surface area contributed by atoms with E-state index in [9.17, 15) is 30.8 Å². The molecule has 0 amide bonds. The lowest BCUT2D eigenvalue weighted by Gasteiger charge is -2.21. The van der Waals surface area contributed by atoms with Crippen molar-refractivity contribution in [1.82, 2.24) is 4.31 Å². The van der Waals surface area contributed by atoms with E-state index < -0.39 is 45.0 Å². The Labute approximate surface area is 130 Å². The van der Waals surface area contributed by atoms with Gasteiger partial charge in [-0.25, -0.2) is 12.8 Å². The molecular weight excluding hydrogens is 342 g/mol. The van der Waals surface area contributed by atoms with Crippen LogP contribution < -0.4 is 0 Å². The van der Waals surface area contributed by atoms with Crippen LogP contribution in [0.1, 0.15) is 18.9 Å². The highest BCUT2D eigenvalue weighted by atomic mass is 32.2. The van der Waals surface area contributed by atoms with Gasteiger partial charge in [0, 0.05) is 6.54 Å². The highest BCUT2D eigenvalue weighted by Gasteiger charge is 2.36. The van der Waals surface area contributed by atoms with Crippen LogP contribution in [0.5, 0.6) is 0 Å². The monoisotopic (exact) mass is 357 g/mol. The molecule has 23 heavy (non-hydrogen) atoms. The van der Waals surface area contributed by atoms with E-state index in [0.717, 1.165) is 13.2 Å². The van der Waals surface area contributed by atoms with Crippen LogP contribution in [0.25, 0.3) is 0 Å². The summed E-state index contributed by atoms with van der Waals surface area (Å²) in [5.41, 5.74) is -1.69. The van der Waals surface area contributed by atoms with Crippen molar-refractivity contribution in [2.24, 2.45) is 0 Å². The number of hydrogen-bond donors (Lipinski definition) is 0. The smallest absolute Gasteiger partial charge is 0.419 e. The molecule has 0 bridgehead atoms. The zero-order valence-corrected chi connectivity index (χ0v) is 13.2. The quantitative estimate of drug-likeness (QED) is 0.579. The molecule has 1 aromatic carbocycles. The van der Waals surface area contributed by atoms with Crippen molar-refractivity contribution < 1.29 is 35.5 Å². The van der Waals surface area contributed by atoms with Crippen molar-refractivity contribution in [2.45, 2.75) is 24.4 Å². The van der Waals surface area contributed by atoms with Gasteiger partial charge in [-0.2, -0.15) is 17.5 Å². The summed E-state index contributed by atoms with van der Waals surface area (Å²) in [6, 6.07) is 1.36. The molecule has 1 aromatic rings. The molecule has 0 unspecified atom stereocenters. The van der Waals surface area contributed by atoms with E-state index in [2.05, 4.69) is 4.74 Å². The maximum absolute atomic E-state index is 13.3. The van der Waals surface area contributed by atoms with Crippen molar-refractivity contribution in [2.75, 3.05) is 20.2 Å². The Morgan fingerprint density at radius 2 is 1.91 bits per heavy atom. The van der Waals surface area contributed by atoms with Crippen LogP contribution in [0.15, 0.2) is 23.1 Å². The molecule has 10 heteroatoms. The van der Waals surface area contributed by atoms with Gasteiger partial charge in [0.15, 0.2) is 0 Å². The maximum atomic E-state index is 13.3. The summed E-state index contributed by atoms with van der Waals surface area (Å²) in [5, 5.41) is 0. The maximum Gasteiger partial charge on any atom is 0.419 e. The van der Waals surface area contributed by atoms with Crippen LogP contribution in [-0.4, -0.2) is 38.9 Å². The fourth-order valence-electron chi connectivity index (χ4n) is 1.77. The molecule has 1 rings (SSSR count). The van der Waals surface area contributed by atoms with Gasteiger partial charge in [0.25, 0.3) is 0 Å². The molecule has 0 N–H and O–H groups in total. The minimum absolute atomic E-state index is 0.101. The molecule has 0 fully saturated rings. The fourth-order valence-corrected chi connectivity index (χ4v) is 3.28. The Morgan fingerprint density at radius 3 is 2.39 bits per heavy atom. The summed E-state index contributed by atoms with van der Waals surface area (Å²) < 4.78 is 81.2. The first-order valence-electron chi connectivity index (χ1n) is 6.47. The third-order valence-corrected chi connectivity index (χ3v) is 4.73. The summed E-state index contributed by atoms with van der Waals surface area (Å²) in [7, 11) is -3.35. The molecule has 0 saturated carbocycles. The number of benzene rings is 1. The Balaban J connectivity index is 3.32. The average Bonchev–Trinajstić information content (AvgIpc) is 2.45. The Morgan fingerprint density at radius 1 is 1.30 bits per heavy atom. The number of sulfonamides is 1. The Hall–Kier alpha value is -1.68. The zero-order valence-electron chi connectivity index (χ0n) is 12.4. The number of carbonyl (C=O) groups is 1. The molecular formula is C13H15F4NO4S. The van der Waals surface area contributed by atoms with Gasteiger partial charge >= 0.3 is 12.1 Å². The minimum atomic E-state index is -5.03. The number of hydrogen-bond acceptors (Lipinski definition) is 4. The number of halogens is 4. The summed E-state index contributed by atoms with van der Waals surface area (Å²) >= 11 is 0. The van der Waals surface area contributed by atoms with Crippen molar-refractivity contribution in [3.05, 3.63) is 29.6 Å². The molecule has 0 heterocycles. The largest absolute Gasteiger partial charge is 0.468 e. The van der Waals surface area contributed by atoms with E-state index in [1.54, 1.807) is 6.92 Å². The number of methoxy groups -OCH3 is 1. The van der Waals surface area contributed by atoms with E-state index in [1.165, 1.54) is 0 Å². The normalized spacial score (nSPS) is 12.5. The molecule has 0 aliphatic heterocycles. The molecule has 0 aliphatic carbocycles. The van der Waals surface area contributed by atoms with E-state index in [-0.39, 0.29) is 12.6 Å². The van der Waals surface area contributed by atoms with Crippen molar-refractivity contribution in [3.8, 4) is 0 Å². The van der Waals surface area contributed by atoms with Crippen LogP contribution in [0, 0.1) is 5.82 Å². The molecule has 0 aromatic heterocycles. The lowest BCUT2D eigenvalue weighted by molar-refractivity contribution is -0.141. The first-order valence-corrected chi connectivity index (χ1v) is 7.91. The summed E-state index contributed by atoms with van der Waals surface area (Å²) in [6.07, 6.45) is -4.71. The topological polar surface area (TPSA) is 63.7 Å². The van der Waals surface area contributed by atoms with E-state index in [4.69, 9.17) is 0 Å². The van der Waals surface area contributed by atoms with Crippen LogP contribution in [0.2, 0.25) is 0 Å². The first-order chi connectivity index (χ1) is 10.5. The second-order valence-corrected chi connectivity index (χ2v) is 6.49. The second kappa shape index (κ2) is 7.26. The fraction of sp³-hybridized carbons (Fsp3) is 0.462. The van der Waals surface area contributed by atoms with Crippen molar-refractivity contribution in [1.29, 1.82) is 0 Å². The standard InChI is InChI=1S/C13H15F4NO4S/c1-3-6-18(8-12(19)22-2)23(20,21)9-4-5-11(14)10(7-9)13(15,16)17/h4-5,7H,3,6,8H2,1-2H3. The number of ether oxygens (including phenoxy) is 1. The SMILES string of the molecule is CCCN(CC(=O)OC)S(=O)(=O)c1ccc(F)c(C(F)(F)F)c1. The third kappa shape index (κ3) is 4.64. The number of esters is 1. The van der Waals surface area contributed by atoms with E-state index in [1.807, 2.05) is 0 Å². The molecule has 5 nitrogen and oxygen atoms in total. The van der Waals surface area contributed by atoms with Crippen LogP contribution in [0.3, 0.4) is 0 Å². The van der Waals surface area contributed by atoms with Crippen LogP contribution >= 0.6 is 0 Å². The highest BCUT2D eigenvalue weighted by Crippen LogP contribution is 2.33. The van der Waals surface area contributed by atoms with Gasteiger partial charge in [-0.3, -0.25) is 4.79 Å². The molecule has 0 aliphatic rings. The predicted octanol–water partition coefficient (Wildman–Crippen LogP) is 2.42. The van der Waals surface area contributed by atoms with Gasteiger partial charge < -0.3 is 4.74 Å². The summed E-state index contributed by atoms with van der Waals surface area (Å²) in [4.78, 5) is 10.5. The molecule has 0 radical (unpaired) electrons. The lowest BCUT2D eigenvalue weighted by atomic mass is 10.2. The summed E-state index contributed by atoms with van der Waals surface area (Å²) in [6.45, 7) is 0.882. The Bertz CT molecular complexity index is 673. The van der Waals surface area contributed by atoms with Gasteiger partial charge in [0.1, 0.15) is 12.4 Å². The van der Waals surface area contributed by atoms with E-state index >= 15 is 0 Å². The van der Waals surface area contributed by atoms with Crippen molar-refractivity contribution >= 4 is 16.0 Å². The molecule has 0 saturated heterocycles. The molecule has 0 spiro atoms. The van der Waals surface area contributed by atoms with Crippen LogP contribution in [-0.2, 0) is 25.7 Å². The Kier molecular flexibility index (Phi) is 6.11. The third-order valence-electron chi connectivity index (χ3n) is 2.89. The first kappa shape index (κ1) is 19.4. The summed E-state index contributed by atoms with van der Waals surface area (Å²) in [5.74, 6) is -2.44. The molecule has 130 valence electrons. The van der Waals surface area contributed by atoms with Gasteiger partial charge in [-0.05, 0) is 24.6 Å². The molecule has 0 atom stereocenters. The number of carbonyl (C=O) groups excluding carboxylic acids is 1. The van der Waals surface area contributed by atoms with Gasteiger partial charge in [0.05, 0.1) is 17.6 Å². The number of alkyl halides is 3. The average molecular weight is 357 g/mol. The van der Waals surface area contributed by atoms with Gasteiger partial charge in [-0.15, -0.1) is 0 Å². The number of rotatable bonds is 6. The van der Waals surface area contributed by atoms with E-state index in [0.29, 0.717) is 16.8 Å². The predicted molar refractivity (Wildman–Crippen MR) is 72.5 cm³/mol. The van der Waals surface area contributed by atoms with Crippen LogP contribution in [0.4, 0.5) is 17.6 Å².